The zero-order valence-electron chi connectivity index (χ0n) is 12.0. The van der Waals surface area contributed by atoms with Crippen LogP contribution >= 0.6 is 11.6 Å². The van der Waals surface area contributed by atoms with Gasteiger partial charge in [-0.15, -0.1) is 0 Å². The van der Waals surface area contributed by atoms with Gasteiger partial charge in [0.15, 0.2) is 0 Å². The van der Waals surface area contributed by atoms with Gasteiger partial charge in [0.25, 0.3) is 0 Å². The van der Waals surface area contributed by atoms with E-state index in [2.05, 4.69) is 10.6 Å². The highest BCUT2D eigenvalue weighted by Crippen LogP contribution is 2.17. The molecule has 0 saturated heterocycles. The lowest BCUT2D eigenvalue weighted by atomic mass is 10.1. The molecule has 1 fully saturated rings. The predicted molar refractivity (Wildman–Crippen MR) is 83.0 cm³/mol. The first-order chi connectivity index (χ1) is 9.65. The summed E-state index contributed by atoms with van der Waals surface area (Å²) in [6.07, 6.45) is 5.64. The molecule has 0 aliphatic heterocycles. The third kappa shape index (κ3) is 4.80. The number of benzene rings is 1. The molecule has 1 atom stereocenters. The molecule has 0 bridgehead atoms. The van der Waals surface area contributed by atoms with Gasteiger partial charge in [0.2, 0.25) is 5.91 Å². The summed E-state index contributed by atoms with van der Waals surface area (Å²) in [5.74, 6) is 0.119. The maximum absolute atomic E-state index is 12.0. The van der Waals surface area contributed by atoms with Crippen LogP contribution in [0.25, 0.3) is 0 Å². The summed E-state index contributed by atoms with van der Waals surface area (Å²) >= 11 is 5.85. The Kier molecular flexibility index (Phi) is 5.86. The minimum absolute atomic E-state index is 0.119. The monoisotopic (exact) mass is 294 g/mol. The average molecular weight is 295 g/mol. The van der Waals surface area contributed by atoms with Crippen LogP contribution < -0.4 is 10.6 Å². The lowest BCUT2D eigenvalue weighted by Crippen LogP contribution is -2.46. The number of halogens is 1. The highest BCUT2D eigenvalue weighted by atomic mass is 35.5. The Morgan fingerprint density at radius 2 is 1.95 bits per heavy atom. The van der Waals surface area contributed by atoms with E-state index in [1.54, 1.807) is 0 Å². The molecule has 0 radical (unpaired) electrons. The predicted octanol–water partition coefficient (Wildman–Crippen LogP) is 2.92. The molecule has 20 heavy (non-hydrogen) atoms. The van der Waals surface area contributed by atoms with Crippen LogP contribution in [0.3, 0.4) is 0 Å². The second-order valence-corrected chi connectivity index (χ2v) is 5.98. The zero-order valence-corrected chi connectivity index (χ0v) is 12.7. The van der Waals surface area contributed by atoms with E-state index in [9.17, 15) is 4.79 Å². The summed E-state index contributed by atoms with van der Waals surface area (Å²) in [4.78, 5) is 12.0. The number of hydrogen-bond donors (Lipinski definition) is 2. The van der Waals surface area contributed by atoms with Gasteiger partial charge in [0.05, 0.1) is 6.04 Å². The standard InChI is InChI=1S/C16H23ClN2O/c1-12(16(20)19-15-4-2-3-5-15)18-11-10-13-6-8-14(17)9-7-13/h6-9,12,15,18H,2-5,10-11H2,1H3,(H,19,20). The van der Waals surface area contributed by atoms with Crippen LogP contribution in [0.4, 0.5) is 0 Å². The maximum Gasteiger partial charge on any atom is 0.237 e. The van der Waals surface area contributed by atoms with Gasteiger partial charge in [-0.2, -0.15) is 0 Å². The van der Waals surface area contributed by atoms with Crippen LogP contribution in [-0.4, -0.2) is 24.5 Å². The first-order valence-corrected chi connectivity index (χ1v) is 7.81. The van der Waals surface area contributed by atoms with Crippen molar-refractivity contribution in [3.05, 3.63) is 34.9 Å². The van der Waals surface area contributed by atoms with Crippen molar-refractivity contribution in [2.24, 2.45) is 0 Å². The second kappa shape index (κ2) is 7.65. The largest absolute Gasteiger partial charge is 0.352 e. The lowest BCUT2D eigenvalue weighted by Gasteiger charge is -2.17. The molecule has 0 heterocycles. The first-order valence-electron chi connectivity index (χ1n) is 7.43. The number of nitrogens with one attached hydrogen (secondary N) is 2. The zero-order chi connectivity index (χ0) is 14.4. The van der Waals surface area contributed by atoms with E-state index >= 15 is 0 Å². The Hall–Kier alpha value is -1.06. The van der Waals surface area contributed by atoms with Crippen molar-refractivity contribution >= 4 is 17.5 Å². The molecule has 3 nitrogen and oxygen atoms in total. The van der Waals surface area contributed by atoms with E-state index in [0.717, 1.165) is 30.8 Å². The Balaban J connectivity index is 1.67. The van der Waals surface area contributed by atoms with Crippen LogP contribution in [0.1, 0.15) is 38.2 Å². The van der Waals surface area contributed by atoms with Crippen molar-refractivity contribution in [1.82, 2.24) is 10.6 Å². The lowest BCUT2D eigenvalue weighted by molar-refractivity contribution is -0.123. The Morgan fingerprint density at radius 3 is 2.60 bits per heavy atom. The summed E-state index contributed by atoms with van der Waals surface area (Å²) in [5.41, 5.74) is 1.23. The summed E-state index contributed by atoms with van der Waals surface area (Å²) < 4.78 is 0. The third-order valence-corrected chi connectivity index (χ3v) is 4.12. The number of amides is 1. The van der Waals surface area contributed by atoms with Crippen LogP contribution in [0.15, 0.2) is 24.3 Å². The van der Waals surface area contributed by atoms with Crippen molar-refractivity contribution < 1.29 is 4.79 Å². The molecule has 1 unspecified atom stereocenters. The summed E-state index contributed by atoms with van der Waals surface area (Å²) in [6.45, 7) is 2.72. The van der Waals surface area contributed by atoms with Gasteiger partial charge in [-0.1, -0.05) is 36.6 Å². The fourth-order valence-electron chi connectivity index (χ4n) is 2.57. The van der Waals surface area contributed by atoms with Crippen molar-refractivity contribution in [1.29, 1.82) is 0 Å². The molecule has 2 rings (SSSR count). The van der Waals surface area contributed by atoms with Gasteiger partial charge in [-0.05, 0) is 50.4 Å². The van der Waals surface area contributed by atoms with E-state index < -0.39 is 0 Å². The number of hydrogen-bond acceptors (Lipinski definition) is 2. The van der Waals surface area contributed by atoms with E-state index in [1.807, 2.05) is 31.2 Å². The van der Waals surface area contributed by atoms with Gasteiger partial charge >= 0.3 is 0 Å². The number of carbonyl (C=O) groups is 1. The van der Waals surface area contributed by atoms with Gasteiger partial charge in [-0.3, -0.25) is 4.79 Å². The third-order valence-electron chi connectivity index (χ3n) is 3.87. The quantitative estimate of drug-likeness (QED) is 0.847. The van der Waals surface area contributed by atoms with Crippen molar-refractivity contribution in [3.8, 4) is 0 Å². The second-order valence-electron chi connectivity index (χ2n) is 5.54. The van der Waals surface area contributed by atoms with E-state index in [4.69, 9.17) is 11.6 Å². The minimum Gasteiger partial charge on any atom is -0.352 e. The highest BCUT2D eigenvalue weighted by Gasteiger charge is 2.19. The molecule has 2 N–H and O–H groups in total. The molecular formula is C16H23ClN2O. The van der Waals surface area contributed by atoms with Crippen LogP contribution in [-0.2, 0) is 11.2 Å². The molecule has 0 spiro atoms. The first kappa shape index (κ1) is 15.3. The van der Waals surface area contributed by atoms with Gasteiger partial charge < -0.3 is 10.6 Å². The van der Waals surface area contributed by atoms with Crippen molar-refractivity contribution in [2.45, 2.75) is 51.1 Å². The van der Waals surface area contributed by atoms with E-state index in [0.29, 0.717) is 6.04 Å². The van der Waals surface area contributed by atoms with Crippen LogP contribution in [0.5, 0.6) is 0 Å². The summed E-state index contributed by atoms with van der Waals surface area (Å²) in [6, 6.07) is 8.09. The van der Waals surface area contributed by atoms with E-state index in [-0.39, 0.29) is 11.9 Å². The van der Waals surface area contributed by atoms with Crippen LogP contribution in [0, 0.1) is 0 Å². The fourth-order valence-corrected chi connectivity index (χ4v) is 2.70. The smallest absolute Gasteiger partial charge is 0.237 e. The van der Waals surface area contributed by atoms with E-state index in [1.165, 1.54) is 18.4 Å². The Labute approximate surface area is 126 Å². The molecular weight excluding hydrogens is 272 g/mol. The Morgan fingerprint density at radius 1 is 1.30 bits per heavy atom. The summed E-state index contributed by atoms with van der Waals surface area (Å²) in [7, 11) is 0. The average Bonchev–Trinajstić information content (AvgIpc) is 2.93. The Bertz CT molecular complexity index is 427. The highest BCUT2D eigenvalue weighted by molar-refractivity contribution is 6.30. The number of rotatable bonds is 6. The van der Waals surface area contributed by atoms with Crippen LogP contribution in [0.2, 0.25) is 5.02 Å². The minimum atomic E-state index is -0.136. The molecule has 0 aromatic heterocycles. The molecule has 1 aliphatic carbocycles. The van der Waals surface area contributed by atoms with Crippen molar-refractivity contribution in [2.75, 3.05) is 6.54 Å². The van der Waals surface area contributed by atoms with Gasteiger partial charge in [-0.25, -0.2) is 0 Å². The normalized spacial score (nSPS) is 17.1. The SMILES string of the molecule is CC(NCCc1ccc(Cl)cc1)C(=O)NC1CCCC1. The van der Waals surface area contributed by atoms with Gasteiger partial charge in [0, 0.05) is 11.1 Å². The fraction of sp³-hybridized carbons (Fsp3) is 0.562. The molecule has 1 aromatic carbocycles. The molecule has 1 aromatic rings. The number of carbonyl (C=O) groups excluding carboxylic acids is 1. The molecule has 1 saturated carbocycles. The topological polar surface area (TPSA) is 41.1 Å². The van der Waals surface area contributed by atoms with Gasteiger partial charge in [0.1, 0.15) is 0 Å². The molecule has 1 aliphatic rings. The summed E-state index contributed by atoms with van der Waals surface area (Å²) in [5, 5.41) is 7.15. The molecule has 4 heteroatoms. The molecule has 1 amide bonds. The maximum atomic E-state index is 12.0. The van der Waals surface area contributed by atoms with Crippen molar-refractivity contribution in [3.63, 3.8) is 0 Å². The molecule has 110 valence electrons.